The Morgan fingerprint density at radius 1 is 1.21 bits per heavy atom. The highest BCUT2D eigenvalue weighted by Gasteiger charge is 2.16. The zero-order valence-corrected chi connectivity index (χ0v) is 14.4. The second kappa shape index (κ2) is 9.92. The first-order valence-electron chi connectivity index (χ1n) is 7.44. The lowest BCUT2D eigenvalue weighted by molar-refractivity contribution is -0.138. The van der Waals surface area contributed by atoms with E-state index in [4.69, 9.17) is 5.11 Å². The quantitative estimate of drug-likeness (QED) is 0.630. The number of thioether (sulfide) groups is 1. The summed E-state index contributed by atoms with van der Waals surface area (Å²) in [6.45, 7) is 3.69. The molecule has 2 amide bonds. The van der Waals surface area contributed by atoms with Crippen molar-refractivity contribution < 1.29 is 23.9 Å². The molecule has 0 spiro atoms. The molecule has 24 heavy (non-hydrogen) atoms. The van der Waals surface area contributed by atoms with Gasteiger partial charge in [-0.05, 0) is 37.1 Å². The molecule has 1 aromatic carbocycles. The van der Waals surface area contributed by atoms with Crippen molar-refractivity contribution in [1.82, 2.24) is 5.32 Å². The average Bonchev–Trinajstić information content (AvgIpc) is 2.51. The molecule has 0 heterocycles. The number of rotatable bonds is 9. The van der Waals surface area contributed by atoms with Gasteiger partial charge in [0.25, 0.3) is 0 Å². The van der Waals surface area contributed by atoms with Crippen LogP contribution in [0.5, 0.6) is 0 Å². The zero-order valence-electron chi connectivity index (χ0n) is 13.5. The standard InChI is InChI=1S/C16H21FN2O4S/c1-10(7-15(21)22)8-18-16(23)11(2)24-9-14(20)19-13-5-3-12(17)4-6-13/h3-6,10-11H,7-9H2,1-2H3,(H,18,23)(H,19,20)(H,21,22). The Morgan fingerprint density at radius 3 is 2.42 bits per heavy atom. The van der Waals surface area contributed by atoms with Gasteiger partial charge in [0.15, 0.2) is 0 Å². The molecule has 0 aromatic heterocycles. The molecule has 1 aromatic rings. The summed E-state index contributed by atoms with van der Waals surface area (Å²) in [6.07, 6.45) is -0.0120. The van der Waals surface area contributed by atoms with E-state index < -0.39 is 11.2 Å². The fourth-order valence-corrected chi connectivity index (χ4v) is 2.50. The highest BCUT2D eigenvalue weighted by atomic mass is 32.2. The summed E-state index contributed by atoms with van der Waals surface area (Å²) in [4.78, 5) is 34.2. The third-order valence-corrected chi connectivity index (χ3v) is 4.25. The Balaban J connectivity index is 2.29. The molecule has 2 unspecified atom stereocenters. The van der Waals surface area contributed by atoms with Gasteiger partial charge in [-0.15, -0.1) is 11.8 Å². The lowest BCUT2D eigenvalue weighted by Crippen LogP contribution is -2.35. The minimum atomic E-state index is -0.906. The summed E-state index contributed by atoms with van der Waals surface area (Å²) in [5, 5.41) is 13.5. The number of carboxylic acid groups (broad SMARTS) is 1. The van der Waals surface area contributed by atoms with Gasteiger partial charge in [-0.2, -0.15) is 0 Å². The number of aliphatic carboxylic acids is 1. The van der Waals surface area contributed by atoms with Crippen molar-refractivity contribution in [2.45, 2.75) is 25.5 Å². The smallest absolute Gasteiger partial charge is 0.303 e. The third kappa shape index (κ3) is 7.96. The lowest BCUT2D eigenvalue weighted by atomic mass is 10.1. The second-order valence-electron chi connectivity index (χ2n) is 5.46. The number of carboxylic acids is 1. The van der Waals surface area contributed by atoms with E-state index in [0.717, 1.165) is 0 Å². The van der Waals surface area contributed by atoms with Crippen LogP contribution in [0, 0.1) is 11.7 Å². The van der Waals surface area contributed by atoms with Gasteiger partial charge < -0.3 is 15.7 Å². The van der Waals surface area contributed by atoms with Crippen LogP contribution in [0.2, 0.25) is 0 Å². The molecular formula is C16H21FN2O4S. The molecular weight excluding hydrogens is 335 g/mol. The van der Waals surface area contributed by atoms with E-state index in [9.17, 15) is 18.8 Å². The zero-order chi connectivity index (χ0) is 18.1. The molecule has 6 nitrogen and oxygen atoms in total. The fourth-order valence-electron chi connectivity index (χ4n) is 1.80. The van der Waals surface area contributed by atoms with Crippen LogP contribution in [0.1, 0.15) is 20.3 Å². The van der Waals surface area contributed by atoms with Crippen molar-refractivity contribution in [3.8, 4) is 0 Å². The maximum atomic E-state index is 12.8. The van der Waals surface area contributed by atoms with Gasteiger partial charge in [-0.1, -0.05) is 6.92 Å². The van der Waals surface area contributed by atoms with Crippen LogP contribution in [-0.4, -0.2) is 40.4 Å². The van der Waals surface area contributed by atoms with Crippen LogP contribution in [0.3, 0.4) is 0 Å². The van der Waals surface area contributed by atoms with Crippen molar-refractivity contribution in [3.63, 3.8) is 0 Å². The van der Waals surface area contributed by atoms with Crippen LogP contribution in [0.4, 0.5) is 10.1 Å². The first-order valence-corrected chi connectivity index (χ1v) is 8.49. The van der Waals surface area contributed by atoms with E-state index in [1.807, 2.05) is 0 Å². The average molecular weight is 356 g/mol. The predicted octanol–water partition coefficient (Wildman–Crippen LogP) is 2.11. The molecule has 0 aliphatic carbocycles. The molecule has 0 saturated carbocycles. The predicted molar refractivity (Wildman–Crippen MR) is 91.4 cm³/mol. The molecule has 0 bridgehead atoms. The second-order valence-corrected chi connectivity index (χ2v) is 6.79. The Bertz CT molecular complexity index is 580. The molecule has 3 N–H and O–H groups in total. The van der Waals surface area contributed by atoms with Gasteiger partial charge in [0.2, 0.25) is 11.8 Å². The number of nitrogens with one attached hydrogen (secondary N) is 2. The van der Waals surface area contributed by atoms with Crippen molar-refractivity contribution in [2.24, 2.45) is 5.92 Å². The number of amides is 2. The van der Waals surface area contributed by atoms with Gasteiger partial charge in [0.05, 0.1) is 11.0 Å². The number of anilines is 1. The minimum absolute atomic E-state index is 0.0120. The number of carbonyl (C=O) groups excluding carboxylic acids is 2. The van der Waals surface area contributed by atoms with Crippen LogP contribution in [-0.2, 0) is 14.4 Å². The highest BCUT2D eigenvalue weighted by Crippen LogP contribution is 2.13. The number of carbonyl (C=O) groups is 3. The van der Waals surface area contributed by atoms with E-state index in [1.54, 1.807) is 13.8 Å². The molecule has 0 fully saturated rings. The molecule has 0 aliphatic heterocycles. The molecule has 2 atom stereocenters. The lowest BCUT2D eigenvalue weighted by Gasteiger charge is -2.14. The first-order chi connectivity index (χ1) is 11.3. The van der Waals surface area contributed by atoms with E-state index in [1.165, 1.54) is 36.0 Å². The molecule has 1 rings (SSSR count). The Kier molecular flexibility index (Phi) is 8.25. The maximum absolute atomic E-state index is 12.8. The van der Waals surface area contributed by atoms with Crippen molar-refractivity contribution in [2.75, 3.05) is 17.6 Å². The van der Waals surface area contributed by atoms with Crippen molar-refractivity contribution >= 4 is 35.2 Å². The summed E-state index contributed by atoms with van der Waals surface area (Å²) in [5.74, 6) is -1.90. The third-order valence-electron chi connectivity index (χ3n) is 3.11. The Labute approximate surface area is 144 Å². The van der Waals surface area contributed by atoms with Crippen LogP contribution < -0.4 is 10.6 Å². The molecule has 132 valence electrons. The Morgan fingerprint density at radius 2 is 1.83 bits per heavy atom. The number of benzene rings is 1. The molecule has 0 saturated heterocycles. The van der Waals surface area contributed by atoms with Crippen LogP contribution in [0.15, 0.2) is 24.3 Å². The maximum Gasteiger partial charge on any atom is 0.303 e. The van der Waals surface area contributed by atoms with Gasteiger partial charge in [0.1, 0.15) is 5.82 Å². The monoisotopic (exact) mass is 356 g/mol. The number of hydrogen-bond donors (Lipinski definition) is 3. The molecule has 8 heteroatoms. The summed E-state index contributed by atoms with van der Waals surface area (Å²) >= 11 is 1.17. The number of hydrogen-bond acceptors (Lipinski definition) is 4. The topological polar surface area (TPSA) is 95.5 Å². The van der Waals surface area contributed by atoms with E-state index in [0.29, 0.717) is 5.69 Å². The van der Waals surface area contributed by atoms with Gasteiger partial charge in [0, 0.05) is 18.7 Å². The van der Waals surface area contributed by atoms with Crippen LogP contribution in [0.25, 0.3) is 0 Å². The molecule has 0 radical (unpaired) electrons. The normalized spacial score (nSPS) is 13.0. The van der Waals surface area contributed by atoms with Gasteiger partial charge in [-0.3, -0.25) is 14.4 Å². The number of halogens is 1. The van der Waals surface area contributed by atoms with E-state index >= 15 is 0 Å². The van der Waals surface area contributed by atoms with Crippen LogP contribution >= 0.6 is 11.8 Å². The molecule has 0 aliphatic rings. The fraction of sp³-hybridized carbons (Fsp3) is 0.438. The largest absolute Gasteiger partial charge is 0.481 e. The SMILES string of the molecule is CC(CNC(=O)C(C)SCC(=O)Nc1ccc(F)cc1)CC(=O)O. The summed E-state index contributed by atoms with van der Waals surface area (Å²) < 4.78 is 12.8. The van der Waals surface area contributed by atoms with Crippen molar-refractivity contribution in [1.29, 1.82) is 0 Å². The Hall–Kier alpha value is -2.09. The van der Waals surface area contributed by atoms with E-state index in [2.05, 4.69) is 10.6 Å². The van der Waals surface area contributed by atoms with Crippen molar-refractivity contribution in [3.05, 3.63) is 30.1 Å². The minimum Gasteiger partial charge on any atom is -0.481 e. The first kappa shape index (κ1) is 20.0. The summed E-state index contributed by atoms with van der Waals surface area (Å²) in [7, 11) is 0. The summed E-state index contributed by atoms with van der Waals surface area (Å²) in [5.41, 5.74) is 0.488. The van der Waals surface area contributed by atoms with E-state index in [-0.39, 0.29) is 42.3 Å². The van der Waals surface area contributed by atoms with Gasteiger partial charge in [-0.25, -0.2) is 4.39 Å². The highest BCUT2D eigenvalue weighted by molar-refractivity contribution is 8.01. The van der Waals surface area contributed by atoms with Gasteiger partial charge >= 0.3 is 5.97 Å². The summed E-state index contributed by atoms with van der Waals surface area (Å²) in [6, 6.07) is 5.41.